The lowest BCUT2D eigenvalue weighted by molar-refractivity contribution is 0.105. The summed E-state index contributed by atoms with van der Waals surface area (Å²) in [4.78, 5) is 12.8. The quantitative estimate of drug-likeness (QED) is 0.439. The Morgan fingerprint density at radius 1 is 1.35 bits per heavy atom. The number of aromatic nitrogens is 4. The summed E-state index contributed by atoms with van der Waals surface area (Å²) < 4.78 is 0. The monoisotopic (exact) mass is 304 g/mol. The maximum Gasteiger partial charge on any atom is 0.239 e. The highest BCUT2D eigenvalue weighted by molar-refractivity contribution is 7.13. The summed E-state index contributed by atoms with van der Waals surface area (Å²) in [7, 11) is 0. The van der Waals surface area contributed by atoms with Crippen molar-refractivity contribution in [3.05, 3.63) is 45.1 Å². The highest BCUT2D eigenvalue weighted by Gasteiger charge is 2.15. The molecule has 20 heavy (non-hydrogen) atoms. The lowest BCUT2D eigenvalue weighted by Gasteiger charge is -1.98. The van der Waals surface area contributed by atoms with Gasteiger partial charge in [-0.2, -0.15) is 16.6 Å². The average molecular weight is 304 g/mol. The molecule has 0 atom stereocenters. The van der Waals surface area contributed by atoms with Crippen molar-refractivity contribution in [2.24, 2.45) is 0 Å². The van der Waals surface area contributed by atoms with E-state index < -0.39 is 0 Å². The van der Waals surface area contributed by atoms with E-state index >= 15 is 0 Å². The Kier molecular flexibility index (Phi) is 3.40. The van der Waals surface area contributed by atoms with E-state index in [9.17, 15) is 9.90 Å². The number of carbonyl (C=O) groups is 1. The fourth-order valence-corrected chi connectivity index (χ4v) is 3.15. The van der Waals surface area contributed by atoms with Gasteiger partial charge in [-0.15, -0.1) is 21.5 Å². The second-order valence-electron chi connectivity index (χ2n) is 3.80. The van der Waals surface area contributed by atoms with Crippen LogP contribution in [-0.2, 0) is 0 Å². The first-order chi connectivity index (χ1) is 9.75. The third-order valence-corrected chi connectivity index (χ3v) is 4.18. The first-order valence-corrected chi connectivity index (χ1v) is 7.37. The van der Waals surface area contributed by atoms with Crippen LogP contribution in [0.2, 0.25) is 0 Å². The van der Waals surface area contributed by atoms with Gasteiger partial charge in [0.25, 0.3) is 0 Å². The van der Waals surface area contributed by atoms with Crippen molar-refractivity contribution >= 4 is 34.2 Å². The largest absolute Gasteiger partial charge is 0.504 e. The van der Waals surface area contributed by atoms with Crippen molar-refractivity contribution in [1.82, 2.24) is 20.6 Å². The predicted octanol–water partition coefficient (Wildman–Crippen LogP) is 2.77. The number of H-pyrrole nitrogens is 1. The number of hydrogen-bond donors (Lipinski definition) is 2. The van der Waals surface area contributed by atoms with Crippen molar-refractivity contribution in [3.63, 3.8) is 0 Å². The van der Waals surface area contributed by atoms with E-state index in [0.29, 0.717) is 4.88 Å². The van der Waals surface area contributed by atoms with E-state index in [4.69, 9.17) is 0 Å². The molecule has 0 aliphatic carbocycles. The third-order valence-electron chi connectivity index (χ3n) is 2.56. The van der Waals surface area contributed by atoms with E-state index in [0.717, 1.165) is 17.2 Å². The van der Waals surface area contributed by atoms with Gasteiger partial charge >= 0.3 is 0 Å². The fraction of sp³-hybridized carbons (Fsp3) is 0. The number of aliphatic hydroxyl groups excluding tert-OH is 1. The normalized spacial score (nSPS) is 11.7. The van der Waals surface area contributed by atoms with Crippen LogP contribution in [0.15, 0.2) is 34.3 Å². The first kappa shape index (κ1) is 12.7. The molecular formula is C12H8N4O2S2. The minimum absolute atomic E-state index is 0.00742. The molecule has 3 heterocycles. The maximum absolute atomic E-state index is 12.2. The second-order valence-corrected chi connectivity index (χ2v) is 5.50. The number of nitrogens with one attached hydrogen (secondary N) is 1. The number of hydrogen-bond acceptors (Lipinski definition) is 7. The molecule has 0 radical (unpaired) electrons. The molecule has 0 spiro atoms. The van der Waals surface area contributed by atoms with Crippen molar-refractivity contribution in [1.29, 1.82) is 0 Å². The summed E-state index contributed by atoms with van der Waals surface area (Å²) in [6, 6.07) is 3.84. The molecule has 0 saturated carbocycles. The molecule has 3 aromatic heterocycles. The molecule has 3 rings (SSSR count). The summed E-state index contributed by atoms with van der Waals surface area (Å²) >= 11 is 2.90. The van der Waals surface area contributed by atoms with E-state index in [1.165, 1.54) is 11.3 Å². The molecule has 2 N–H and O–H groups in total. The summed E-state index contributed by atoms with van der Waals surface area (Å²) in [5.41, 5.74) is 1.85. The van der Waals surface area contributed by atoms with Gasteiger partial charge in [0.05, 0.1) is 4.88 Å². The van der Waals surface area contributed by atoms with Crippen LogP contribution in [0.25, 0.3) is 16.9 Å². The van der Waals surface area contributed by atoms with Crippen molar-refractivity contribution in [2.45, 2.75) is 0 Å². The van der Waals surface area contributed by atoms with E-state index in [-0.39, 0.29) is 17.4 Å². The van der Waals surface area contributed by atoms with Crippen LogP contribution >= 0.6 is 22.7 Å². The van der Waals surface area contributed by atoms with Crippen LogP contribution < -0.4 is 0 Å². The molecule has 3 aromatic rings. The SMILES string of the molecule is O=C(C=C(O)c1nn[nH]n1)c1sccc1-c1ccsc1. The van der Waals surface area contributed by atoms with Crippen LogP contribution in [0.1, 0.15) is 15.5 Å². The lowest BCUT2D eigenvalue weighted by Crippen LogP contribution is -1.96. The van der Waals surface area contributed by atoms with Crippen LogP contribution in [-0.4, -0.2) is 31.5 Å². The molecule has 0 amide bonds. The number of ketones is 1. The molecule has 0 saturated heterocycles. The number of carbonyl (C=O) groups excluding carboxylic acids is 1. The van der Waals surface area contributed by atoms with Crippen molar-refractivity contribution in [2.75, 3.05) is 0 Å². The highest BCUT2D eigenvalue weighted by atomic mass is 32.1. The Labute approximate surface area is 121 Å². The van der Waals surface area contributed by atoms with Crippen LogP contribution in [0, 0.1) is 0 Å². The van der Waals surface area contributed by atoms with Gasteiger partial charge in [-0.05, 0) is 39.0 Å². The van der Waals surface area contributed by atoms with Crippen LogP contribution in [0.4, 0.5) is 0 Å². The van der Waals surface area contributed by atoms with Crippen LogP contribution in [0.3, 0.4) is 0 Å². The van der Waals surface area contributed by atoms with E-state index in [1.807, 2.05) is 28.3 Å². The number of thiophene rings is 2. The minimum Gasteiger partial charge on any atom is -0.504 e. The molecule has 0 fully saturated rings. The molecule has 6 nitrogen and oxygen atoms in total. The Morgan fingerprint density at radius 3 is 2.95 bits per heavy atom. The highest BCUT2D eigenvalue weighted by Crippen LogP contribution is 2.30. The number of aliphatic hydroxyl groups is 1. The van der Waals surface area contributed by atoms with Crippen molar-refractivity contribution < 1.29 is 9.90 Å². The third kappa shape index (κ3) is 2.38. The summed E-state index contributed by atoms with van der Waals surface area (Å²) in [6.07, 6.45) is 1.10. The molecule has 0 aliphatic heterocycles. The van der Waals surface area contributed by atoms with Gasteiger partial charge in [0.2, 0.25) is 5.82 Å². The van der Waals surface area contributed by atoms with E-state index in [1.54, 1.807) is 11.3 Å². The predicted molar refractivity (Wildman–Crippen MR) is 76.7 cm³/mol. The standard InChI is InChI=1S/C12H8N4O2S2/c17-9(5-10(18)12-13-15-16-14-12)11-8(2-4-20-11)7-1-3-19-6-7/h1-6,18H,(H,13,14,15,16). The zero-order chi connectivity index (χ0) is 13.9. The molecule has 100 valence electrons. The Hall–Kier alpha value is -2.32. The van der Waals surface area contributed by atoms with Gasteiger partial charge in [-0.3, -0.25) is 4.79 Å². The number of tetrazole rings is 1. The molecule has 0 aliphatic rings. The smallest absolute Gasteiger partial charge is 0.239 e. The molecule has 8 heteroatoms. The average Bonchev–Trinajstić information content (AvgIpc) is 3.19. The first-order valence-electron chi connectivity index (χ1n) is 5.54. The zero-order valence-corrected chi connectivity index (χ0v) is 11.6. The van der Waals surface area contributed by atoms with Crippen LogP contribution in [0.5, 0.6) is 0 Å². The zero-order valence-electron chi connectivity index (χ0n) is 9.98. The van der Waals surface area contributed by atoms with Gasteiger partial charge in [0.1, 0.15) is 0 Å². The van der Waals surface area contributed by atoms with Crippen molar-refractivity contribution in [3.8, 4) is 11.1 Å². The van der Waals surface area contributed by atoms with Gasteiger partial charge in [-0.1, -0.05) is 0 Å². The number of nitrogens with zero attached hydrogens (tertiary/aromatic N) is 3. The molecular weight excluding hydrogens is 296 g/mol. The minimum atomic E-state index is -0.312. The Balaban J connectivity index is 1.93. The van der Waals surface area contributed by atoms with Gasteiger partial charge in [0, 0.05) is 11.6 Å². The summed E-state index contributed by atoms with van der Waals surface area (Å²) in [5.74, 6) is -0.607. The molecule has 0 aromatic carbocycles. The summed E-state index contributed by atoms with van der Waals surface area (Å²) in [5, 5.41) is 28.3. The summed E-state index contributed by atoms with van der Waals surface area (Å²) in [6.45, 7) is 0. The topological polar surface area (TPSA) is 91.8 Å². The van der Waals surface area contributed by atoms with E-state index in [2.05, 4.69) is 20.6 Å². The second kappa shape index (κ2) is 5.35. The van der Waals surface area contributed by atoms with Gasteiger partial charge < -0.3 is 5.11 Å². The molecule has 0 unspecified atom stereocenters. The Bertz CT molecular complexity index is 744. The van der Waals surface area contributed by atoms with Gasteiger partial charge in [-0.25, -0.2) is 0 Å². The maximum atomic E-state index is 12.2. The van der Waals surface area contributed by atoms with Gasteiger partial charge in [0.15, 0.2) is 11.5 Å². The number of rotatable bonds is 4. The lowest BCUT2D eigenvalue weighted by atomic mass is 10.1. The number of allylic oxidation sites excluding steroid dienone is 1. The Morgan fingerprint density at radius 2 is 2.25 bits per heavy atom. The number of aromatic amines is 1. The molecule has 0 bridgehead atoms. The fourth-order valence-electron chi connectivity index (χ4n) is 1.67.